The number of carbonyl (C=O) groups excluding carboxylic acids is 1. The van der Waals surface area contributed by atoms with Gasteiger partial charge >= 0.3 is 11.9 Å². The van der Waals surface area contributed by atoms with Crippen LogP contribution in [0.5, 0.6) is 0 Å². The average molecular weight is 1060 g/mol. The van der Waals surface area contributed by atoms with Crippen LogP contribution in [0.3, 0.4) is 0 Å². The summed E-state index contributed by atoms with van der Waals surface area (Å²) in [5.74, 6) is -1.19. The smallest absolute Gasteiger partial charge is 0.339 e. The van der Waals surface area contributed by atoms with Crippen LogP contribution in [0, 0.1) is 41.4 Å². The first-order chi connectivity index (χ1) is 35.0. The summed E-state index contributed by atoms with van der Waals surface area (Å²) in [6, 6.07) is -0.745. The fraction of sp³-hybridized carbons (Fsp3) is 0.673. The molecule has 73 heavy (non-hydrogen) atoms. The summed E-state index contributed by atoms with van der Waals surface area (Å²) in [5, 5.41) is 89.0. The number of carboxylic acids is 1. The van der Waals surface area contributed by atoms with Gasteiger partial charge in [0, 0.05) is 68.1 Å². The minimum absolute atomic E-state index is 0.0123. The molecule has 4 bridgehead atoms. The Kier molecular flexibility index (Phi) is 19.7. The molecule has 404 valence electrons. The van der Waals surface area contributed by atoms with E-state index in [2.05, 4.69) is 27.1 Å². The Labute approximate surface area is 432 Å². The van der Waals surface area contributed by atoms with E-state index in [1.54, 1.807) is 24.8 Å². The highest BCUT2D eigenvalue weighted by Crippen LogP contribution is 2.47. The summed E-state index contributed by atoms with van der Waals surface area (Å²) in [5.41, 5.74) is 19.5. The van der Waals surface area contributed by atoms with Crippen LogP contribution in [-0.2, 0) is 33.3 Å². The van der Waals surface area contributed by atoms with Gasteiger partial charge in [0.2, 0.25) is 12.1 Å². The van der Waals surface area contributed by atoms with E-state index in [9.17, 15) is 45.6 Å². The molecule has 0 aromatic rings. The third-order valence-corrected chi connectivity index (χ3v) is 17.3. The number of hydrogen-bond donors (Lipinski definition) is 12. The van der Waals surface area contributed by atoms with Gasteiger partial charge in [0.15, 0.2) is 24.3 Å². The number of carbonyl (C=O) groups is 2. The standard InChI is InChI=1S/C49H71N7O15S2/c1-25(2)68-42-46(70-37(22-60)41(61)49(42,65)66)71-45-31(16-26-6-3-4-7-26)38-28-9-8-27(12-14-53-47(50)51)40(73-72-24-34-29(20-58)10-11-36(34)69-44(64)33(38)23-67-45)35(21-59)56-18-30(17-28)39(32(19-56)43(62)63)55-48(52)54-13-5-15-57/h16-17,19,23,25,27,29,31,34-38,40-42,45-46,57-61,65-66H,3-7,10-15,18,20-22,24H2,1-2H3,(H,62,63)(H4,50,51,53)(H3,52,54,55). The number of nitrogens with zero attached hydrogens (tertiary/aromatic N) is 3. The van der Waals surface area contributed by atoms with E-state index in [0.717, 1.165) is 18.4 Å². The number of aliphatic hydroxyl groups excluding tert-OH is 5. The van der Waals surface area contributed by atoms with Crippen LogP contribution in [0.25, 0.3) is 0 Å². The summed E-state index contributed by atoms with van der Waals surface area (Å²) < 4.78 is 31.5. The molecule has 7 rings (SSSR count). The molecule has 0 spiro atoms. The van der Waals surface area contributed by atoms with Crippen molar-refractivity contribution in [3.63, 3.8) is 0 Å². The van der Waals surface area contributed by atoms with Crippen LogP contribution in [-0.4, -0.2) is 182 Å². The first-order valence-corrected chi connectivity index (χ1v) is 27.2. The number of hydrogen-bond acceptors (Lipinski definition) is 19. The fourth-order valence-corrected chi connectivity index (χ4v) is 14.1. The van der Waals surface area contributed by atoms with Gasteiger partial charge in [0.05, 0.1) is 59.6 Å². The molecule has 24 heteroatoms. The lowest BCUT2D eigenvalue weighted by Crippen LogP contribution is -2.69. The van der Waals surface area contributed by atoms with Gasteiger partial charge in [-0.2, -0.15) is 0 Å². The molecule has 0 radical (unpaired) electrons. The second-order valence-corrected chi connectivity index (χ2v) is 22.1. The lowest BCUT2D eigenvalue weighted by Gasteiger charge is -2.48. The van der Waals surface area contributed by atoms with Crippen molar-refractivity contribution in [1.29, 1.82) is 0 Å². The molecule has 2 saturated carbocycles. The quantitative estimate of drug-likeness (QED) is 0.0137. The molecule has 0 amide bonds. The van der Waals surface area contributed by atoms with E-state index in [-0.39, 0.29) is 91.9 Å². The van der Waals surface area contributed by atoms with Crippen LogP contribution in [0.4, 0.5) is 0 Å². The number of nitrogens with one attached hydrogen (secondary N) is 1. The Bertz CT molecular complexity index is 2270. The van der Waals surface area contributed by atoms with Crippen molar-refractivity contribution in [3.8, 4) is 11.8 Å². The van der Waals surface area contributed by atoms with Gasteiger partial charge in [0.1, 0.15) is 18.3 Å². The zero-order valence-corrected chi connectivity index (χ0v) is 42.7. The maximum absolute atomic E-state index is 15.2. The van der Waals surface area contributed by atoms with Gasteiger partial charge in [-0.25, -0.2) is 9.59 Å². The fourth-order valence-electron chi connectivity index (χ4n) is 10.5. The predicted octanol–water partition coefficient (Wildman–Crippen LogP) is -0.369. The lowest BCUT2D eigenvalue weighted by molar-refractivity contribution is -0.413. The molecule has 13 unspecified atom stereocenters. The SMILES string of the molecule is CC(C)OC1C(OC2OC=C3C(=O)OC4CCC(CO)C4CSSC4C(CCN=C(N)N)C#CC(=CC5=C(NC(N)=NCCCO)C(C(=O)O)=CN(C5)C4CO)C3C2C=C2CCCC2)OC(CO)C(O)C1(O)O. The molecular formula is C49H71N7O15S2. The van der Waals surface area contributed by atoms with Crippen molar-refractivity contribution < 1.29 is 74.1 Å². The van der Waals surface area contributed by atoms with Gasteiger partial charge in [-0.05, 0) is 82.8 Å². The van der Waals surface area contributed by atoms with E-state index in [1.807, 2.05) is 6.08 Å². The molecular weight excluding hydrogens is 991 g/mol. The topological polar surface area (TPSA) is 360 Å². The number of esters is 1. The second-order valence-electron chi connectivity index (χ2n) is 19.5. The van der Waals surface area contributed by atoms with Crippen LogP contribution < -0.4 is 22.5 Å². The molecule has 1 saturated heterocycles. The molecule has 0 aromatic carbocycles. The Morgan fingerprint density at radius 1 is 1.07 bits per heavy atom. The van der Waals surface area contributed by atoms with Gasteiger partial charge in [-0.15, -0.1) is 0 Å². The third kappa shape index (κ3) is 13.2. The summed E-state index contributed by atoms with van der Waals surface area (Å²) in [6.45, 7) is 1.98. The highest BCUT2D eigenvalue weighted by atomic mass is 33.1. The molecule has 5 heterocycles. The molecule has 13 atom stereocenters. The maximum Gasteiger partial charge on any atom is 0.339 e. The van der Waals surface area contributed by atoms with E-state index < -0.39 is 103 Å². The molecule has 0 aromatic heterocycles. The summed E-state index contributed by atoms with van der Waals surface area (Å²) in [7, 11) is 2.93. The summed E-state index contributed by atoms with van der Waals surface area (Å²) in [6.07, 6.45) is 1.31. The molecule has 15 N–H and O–H groups in total. The minimum atomic E-state index is -2.99. The number of allylic oxidation sites excluding steroid dienone is 2. The average Bonchev–Trinajstić information content (AvgIpc) is 4.01. The highest BCUT2D eigenvalue weighted by molar-refractivity contribution is 8.77. The first-order valence-electron chi connectivity index (χ1n) is 24.9. The maximum atomic E-state index is 15.2. The minimum Gasteiger partial charge on any atom is -0.478 e. The number of guanidine groups is 2. The molecule has 22 nitrogen and oxygen atoms in total. The molecule has 7 aliphatic rings. The molecule has 5 aliphatic heterocycles. The lowest BCUT2D eigenvalue weighted by atomic mass is 9.76. The van der Waals surface area contributed by atoms with Crippen molar-refractivity contribution in [3.05, 3.63) is 58.2 Å². The van der Waals surface area contributed by atoms with Crippen molar-refractivity contribution in [2.75, 3.05) is 51.8 Å². The Morgan fingerprint density at radius 2 is 1.84 bits per heavy atom. The van der Waals surface area contributed by atoms with E-state index in [1.165, 1.54) is 34.0 Å². The summed E-state index contributed by atoms with van der Waals surface area (Å²) in [4.78, 5) is 39.0. The number of ether oxygens (including phenoxy) is 5. The van der Waals surface area contributed by atoms with E-state index in [0.29, 0.717) is 37.0 Å². The molecule has 3 fully saturated rings. The highest BCUT2D eigenvalue weighted by Gasteiger charge is 2.58. The second kappa shape index (κ2) is 25.5. The Balaban J connectivity index is 1.51. The van der Waals surface area contributed by atoms with Crippen molar-refractivity contribution in [2.24, 2.45) is 56.8 Å². The van der Waals surface area contributed by atoms with Crippen molar-refractivity contribution in [1.82, 2.24) is 10.2 Å². The van der Waals surface area contributed by atoms with Crippen LogP contribution >= 0.6 is 21.6 Å². The number of aliphatic imine (C=N–C) groups is 2. The van der Waals surface area contributed by atoms with Crippen LogP contribution in [0.1, 0.15) is 65.2 Å². The van der Waals surface area contributed by atoms with Gasteiger partial charge in [0.25, 0.3) is 0 Å². The van der Waals surface area contributed by atoms with Crippen molar-refractivity contribution in [2.45, 2.75) is 125 Å². The number of carboxylic acid groups (broad SMARTS) is 1. The number of aliphatic carboxylic acids is 1. The normalized spacial score (nSPS) is 33.5. The zero-order chi connectivity index (χ0) is 52.6. The largest absolute Gasteiger partial charge is 0.478 e. The van der Waals surface area contributed by atoms with E-state index >= 15 is 4.79 Å². The Hall–Kier alpha value is -4.36. The number of aliphatic hydroxyl groups is 7. The van der Waals surface area contributed by atoms with E-state index in [4.69, 9.17) is 40.9 Å². The number of nitrogens with two attached hydrogens (primary N) is 3. The van der Waals surface area contributed by atoms with Gasteiger partial charge in [-0.3, -0.25) is 9.98 Å². The van der Waals surface area contributed by atoms with Crippen molar-refractivity contribution >= 4 is 45.4 Å². The van der Waals surface area contributed by atoms with Crippen LogP contribution in [0.15, 0.2) is 68.2 Å². The third-order valence-electron chi connectivity index (χ3n) is 14.3. The predicted molar refractivity (Wildman–Crippen MR) is 270 cm³/mol. The van der Waals surface area contributed by atoms with Gasteiger partial charge < -0.3 is 92.0 Å². The number of rotatable bonds is 16. The Morgan fingerprint density at radius 3 is 2.51 bits per heavy atom. The monoisotopic (exact) mass is 1060 g/mol. The number of fused-ring (bicyclic) bond motifs is 8. The first kappa shape index (κ1) is 56.4. The summed E-state index contributed by atoms with van der Waals surface area (Å²) >= 11 is 0. The van der Waals surface area contributed by atoms with Crippen LogP contribution in [0.2, 0.25) is 0 Å². The van der Waals surface area contributed by atoms with Gasteiger partial charge in [-0.1, -0.05) is 45.1 Å². The molecule has 2 aliphatic carbocycles. The zero-order valence-electron chi connectivity index (χ0n) is 41.0.